The lowest BCUT2D eigenvalue weighted by Gasteiger charge is -2.32. The Morgan fingerprint density at radius 1 is 0.971 bits per heavy atom. The third-order valence-electron chi connectivity index (χ3n) is 5.86. The van der Waals surface area contributed by atoms with Crippen molar-refractivity contribution < 1.29 is 19.1 Å². The first kappa shape index (κ1) is 24.6. The van der Waals surface area contributed by atoms with Gasteiger partial charge in [-0.3, -0.25) is 14.4 Å². The van der Waals surface area contributed by atoms with Crippen molar-refractivity contribution in [1.82, 2.24) is 15.5 Å². The highest BCUT2D eigenvalue weighted by atomic mass is 32.1. The second-order valence-corrected chi connectivity index (χ2v) is 9.31. The average Bonchev–Trinajstić information content (AvgIpc) is 3.62. The second kappa shape index (κ2) is 12.3. The number of hydrogen-bond acceptors (Lipinski definition) is 5. The Labute approximate surface area is 209 Å². The lowest BCUT2D eigenvalue weighted by atomic mass is 10.0. The molecule has 0 aliphatic carbocycles. The van der Waals surface area contributed by atoms with Gasteiger partial charge >= 0.3 is 0 Å². The van der Waals surface area contributed by atoms with Crippen molar-refractivity contribution in [1.29, 1.82) is 0 Å². The molecule has 4 rings (SSSR count). The molecule has 182 valence electrons. The van der Waals surface area contributed by atoms with Crippen LogP contribution in [-0.2, 0) is 20.9 Å². The van der Waals surface area contributed by atoms with Crippen LogP contribution in [0.25, 0.3) is 0 Å². The first-order chi connectivity index (χ1) is 17.1. The number of benzene rings is 2. The van der Waals surface area contributed by atoms with Crippen molar-refractivity contribution in [3.05, 3.63) is 94.2 Å². The van der Waals surface area contributed by atoms with Gasteiger partial charge in [0.15, 0.2) is 0 Å². The zero-order chi connectivity index (χ0) is 24.5. The molecule has 0 unspecified atom stereocenters. The normalized spacial score (nSPS) is 15.8. The van der Waals surface area contributed by atoms with Crippen LogP contribution < -0.4 is 10.6 Å². The molecule has 2 atom stereocenters. The van der Waals surface area contributed by atoms with Gasteiger partial charge in [0.2, 0.25) is 11.8 Å². The number of rotatable bonds is 10. The third kappa shape index (κ3) is 6.77. The topological polar surface area (TPSA) is 87.7 Å². The van der Waals surface area contributed by atoms with Gasteiger partial charge in [0.05, 0.1) is 17.5 Å². The molecule has 35 heavy (non-hydrogen) atoms. The quantitative estimate of drug-likeness (QED) is 0.454. The van der Waals surface area contributed by atoms with Crippen LogP contribution in [0.4, 0.5) is 0 Å². The fourth-order valence-corrected chi connectivity index (χ4v) is 4.72. The zero-order valence-electron chi connectivity index (χ0n) is 19.4. The first-order valence-corrected chi connectivity index (χ1v) is 12.6. The van der Waals surface area contributed by atoms with Gasteiger partial charge in [0.25, 0.3) is 5.91 Å². The van der Waals surface area contributed by atoms with Crippen LogP contribution in [0.5, 0.6) is 0 Å². The van der Waals surface area contributed by atoms with Crippen molar-refractivity contribution in [2.75, 3.05) is 19.7 Å². The van der Waals surface area contributed by atoms with Crippen molar-refractivity contribution >= 4 is 29.1 Å². The van der Waals surface area contributed by atoms with E-state index < -0.39 is 6.04 Å². The largest absolute Gasteiger partial charge is 0.376 e. The van der Waals surface area contributed by atoms with Crippen LogP contribution >= 0.6 is 11.3 Å². The van der Waals surface area contributed by atoms with Gasteiger partial charge in [0, 0.05) is 19.7 Å². The van der Waals surface area contributed by atoms with Gasteiger partial charge in [0.1, 0.15) is 6.04 Å². The van der Waals surface area contributed by atoms with Gasteiger partial charge in [-0.25, -0.2) is 0 Å². The van der Waals surface area contributed by atoms with E-state index in [1.807, 2.05) is 66.0 Å². The standard InChI is InChI=1S/C27H29N3O4S/c31-24(18-29-26(32)23-14-8-16-35-23)30(19-20-9-3-1-4-10-20)25(21-11-5-2-6-12-21)27(33)28-17-22-13-7-15-34-22/h1-6,8-12,14,16,22,25H,7,13,15,17-19H2,(H,28,33)(H,29,32)/t22-,25+/m1/s1. The molecule has 2 N–H and O–H groups in total. The van der Waals surface area contributed by atoms with E-state index in [0.717, 1.165) is 18.4 Å². The van der Waals surface area contributed by atoms with E-state index in [1.165, 1.54) is 16.2 Å². The van der Waals surface area contributed by atoms with Gasteiger partial charge in [-0.15, -0.1) is 11.3 Å². The number of carbonyl (C=O) groups is 3. The van der Waals surface area contributed by atoms with Crippen LogP contribution in [0.2, 0.25) is 0 Å². The minimum absolute atomic E-state index is 0.0151. The van der Waals surface area contributed by atoms with E-state index in [4.69, 9.17) is 4.74 Å². The van der Waals surface area contributed by atoms with Gasteiger partial charge in [-0.05, 0) is 35.4 Å². The van der Waals surface area contributed by atoms with Crippen LogP contribution in [0, 0.1) is 0 Å². The maximum Gasteiger partial charge on any atom is 0.261 e. The van der Waals surface area contributed by atoms with E-state index in [2.05, 4.69) is 10.6 Å². The van der Waals surface area contributed by atoms with Crippen LogP contribution in [-0.4, -0.2) is 48.4 Å². The molecule has 0 saturated carbocycles. The molecule has 3 amide bonds. The molecule has 2 heterocycles. The highest BCUT2D eigenvalue weighted by molar-refractivity contribution is 7.12. The Kier molecular flexibility index (Phi) is 8.64. The summed E-state index contributed by atoms with van der Waals surface area (Å²) < 4.78 is 5.65. The molecule has 1 aromatic heterocycles. The number of carbonyl (C=O) groups excluding carboxylic acids is 3. The Hall–Kier alpha value is -3.49. The van der Waals surface area contributed by atoms with Gasteiger partial charge in [-0.2, -0.15) is 0 Å². The molecule has 1 saturated heterocycles. The van der Waals surface area contributed by atoms with Gasteiger partial charge in [-0.1, -0.05) is 66.7 Å². The lowest BCUT2D eigenvalue weighted by Crippen LogP contribution is -2.47. The number of amides is 3. The Bertz CT molecular complexity index is 1100. The minimum Gasteiger partial charge on any atom is -0.376 e. The predicted octanol–water partition coefficient (Wildman–Crippen LogP) is 3.54. The molecule has 7 nitrogen and oxygen atoms in total. The number of thiophene rings is 1. The summed E-state index contributed by atoms with van der Waals surface area (Å²) in [6.45, 7) is 1.10. The molecule has 0 bridgehead atoms. The summed E-state index contributed by atoms with van der Waals surface area (Å²) in [5, 5.41) is 7.50. The van der Waals surface area contributed by atoms with E-state index in [9.17, 15) is 14.4 Å². The summed E-state index contributed by atoms with van der Waals surface area (Å²) >= 11 is 1.31. The maximum atomic E-state index is 13.5. The number of ether oxygens (including phenoxy) is 1. The maximum absolute atomic E-state index is 13.5. The van der Waals surface area contributed by atoms with E-state index in [1.54, 1.807) is 12.1 Å². The number of nitrogens with zero attached hydrogens (tertiary/aromatic N) is 1. The monoisotopic (exact) mass is 491 g/mol. The van der Waals surface area contributed by atoms with Crippen molar-refractivity contribution in [2.45, 2.75) is 31.5 Å². The van der Waals surface area contributed by atoms with E-state index in [-0.39, 0.29) is 36.9 Å². The second-order valence-electron chi connectivity index (χ2n) is 8.36. The fraction of sp³-hybridized carbons (Fsp3) is 0.296. The van der Waals surface area contributed by atoms with Crippen LogP contribution in [0.1, 0.15) is 39.7 Å². The summed E-state index contributed by atoms with van der Waals surface area (Å²) in [4.78, 5) is 41.5. The average molecular weight is 492 g/mol. The number of hydrogen-bond donors (Lipinski definition) is 2. The predicted molar refractivity (Wildman–Crippen MR) is 135 cm³/mol. The molecule has 3 aromatic rings. The van der Waals surface area contributed by atoms with Crippen molar-refractivity contribution in [3.63, 3.8) is 0 Å². The molecule has 1 aliphatic heterocycles. The van der Waals surface area contributed by atoms with Gasteiger partial charge < -0.3 is 20.3 Å². The molecular weight excluding hydrogens is 462 g/mol. The SMILES string of the molecule is O=C(NCC(=O)N(Cc1ccccc1)[C@H](C(=O)NC[C@H]1CCCO1)c1ccccc1)c1cccs1. The third-order valence-corrected chi connectivity index (χ3v) is 6.73. The summed E-state index contributed by atoms with van der Waals surface area (Å²) in [5.74, 6) is -0.937. The molecule has 1 fully saturated rings. The molecule has 8 heteroatoms. The molecular formula is C27H29N3O4S. The van der Waals surface area contributed by atoms with Crippen molar-refractivity contribution in [3.8, 4) is 0 Å². The smallest absolute Gasteiger partial charge is 0.261 e. The highest BCUT2D eigenvalue weighted by Gasteiger charge is 2.32. The van der Waals surface area contributed by atoms with E-state index in [0.29, 0.717) is 23.6 Å². The van der Waals surface area contributed by atoms with Crippen LogP contribution in [0.3, 0.4) is 0 Å². The Morgan fingerprint density at radius 2 is 1.71 bits per heavy atom. The zero-order valence-corrected chi connectivity index (χ0v) is 20.2. The molecule has 0 spiro atoms. The Morgan fingerprint density at radius 3 is 2.37 bits per heavy atom. The summed E-state index contributed by atoms with van der Waals surface area (Å²) in [6, 6.07) is 21.4. The first-order valence-electron chi connectivity index (χ1n) is 11.7. The molecule has 2 aromatic carbocycles. The van der Waals surface area contributed by atoms with E-state index >= 15 is 0 Å². The molecule has 1 aliphatic rings. The fourth-order valence-electron chi connectivity index (χ4n) is 4.08. The lowest BCUT2D eigenvalue weighted by molar-refractivity contribution is -0.141. The summed E-state index contributed by atoms with van der Waals surface area (Å²) in [6.07, 6.45) is 1.86. The molecule has 0 radical (unpaired) electrons. The van der Waals surface area contributed by atoms with Crippen LogP contribution in [0.15, 0.2) is 78.2 Å². The minimum atomic E-state index is -0.857. The summed E-state index contributed by atoms with van der Waals surface area (Å²) in [7, 11) is 0. The highest BCUT2D eigenvalue weighted by Crippen LogP contribution is 2.24. The number of nitrogens with one attached hydrogen (secondary N) is 2. The summed E-state index contributed by atoms with van der Waals surface area (Å²) in [5.41, 5.74) is 1.59. The Balaban J connectivity index is 1.57. The van der Waals surface area contributed by atoms with Crippen molar-refractivity contribution in [2.24, 2.45) is 0 Å².